The molecule has 1 aromatic heterocycles. The van der Waals surface area contributed by atoms with E-state index in [0.29, 0.717) is 23.5 Å². The van der Waals surface area contributed by atoms with Crippen LogP contribution < -0.4 is 5.43 Å². The van der Waals surface area contributed by atoms with E-state index in [2.05, 4.69) is 20.7 Å². The van der Waals surface area contributed by atoms with Gasteiger partial charge in [0.15, 0.2) is 4.47 Å². The molecule has 0 bridgehead atoms. The van der Waals surface area contributed by atoms with E-state index in [1.807, 2.05) is 4.90 Å². The third-order valence-corrected chi connectivity index (χ3v) is 3.05. The van der Waals surface area contributed by atoms with Crippen LogP contribution >= 0.6 is 22.9 Å². The summed E-state index contributed by atoms with van der Waals surface area (Å²) in [7, 11) is 0. The maximum Gasteiger partial charge on any atom is 0.217 e. The third-order valence-electron chi connectivity index (χ3n) is 1.95. The lowest BCUT2D eigenvalue weighted by molar-refractivity contribution is 0.442. The molecule has 0 radical (unpaired) electrons. The maximum absolute atomic E-state index is 10.1. The number of aliphatic imine (C=N–C) groups is 1. The minimum Gasteiger partial charge on any atom is -0.334 e. The highest BCUT2D eigenvalue weighted by Gasteiger charge is 2.17. The molecule has 0 amide bonds. The van der Waals surface area contributed by atoms with Crippen molar-refractivity contribution in [2.75, 3.05) is 13.1 Å². The number of nitrogens with zero attached hydrogens (tertiary/aromatic N) is 4. The summed E-state index contributed by atoms with van der Waals surface area (Å²) in [4.78, 5) is 21.1. The van der Waals surface area contributed by atoms with Gasteiger partial charge in [-0.05, 0) is 0 Å². The van der Waals surface area contributed by atoms with Gasteiger partial charge in [-0.15, -0.1) is 16.2 Å². The highest BCUT2D eigenvalue weighted by atomic mass is 35.5. The van der Waals surface area contributed by atoms with Crippen LogP contribution in [0.3, 0.4) is 0 Å². The summed E-state index contributed by atoms with van der Waals surface area (Å²) in [6, 6.07) is 0. The standard InChI is InChI=1S/C7H8ClN5OS/c8-6-10-3-5(15-6)4-13-2-1-9-7(13)11-12-14/h3H,1-2,4H2,(H,9,11,14). The molecule has 2 rings (SSSR count). The summed E-state index contributed by atoms with van der Waals surface area (Å²) in [5, 5.41) is 2.60. The molecule has 1 aromatic rings. The minimum atomic E-state index is 0.509. The molecule has 8 heteroatoms. The van der Waals surface area contributed by atoms with Gasteiger partial charge in [0.1, 0.15) is 0 Å². The van der Waals surface area contributed by atoms with Gasteiger partial charge >= 0.3 is 0 Å². The Balaban J connectivity index is 2.00. The molecule has 6 nitrogen and oxygen atoms in total. The lowest BCUT2D eigenvalue weighted by Gasteiger charge is -2.16. The number of guanidine groups is 1. The second-order valence-corrected chi connectivity index (χ2v) is 4.61. The van der Waals surface area contributed by atoms with Crippen molar-refractivity contribution < 1.29 is 0 Å². The number of nitrogens with one attached hydrogen (secondary N) is 1. The van der Waals surface area contributed by atoms with Crippen molar-refractivity contribution >= 4 is 28.9 Å². The summed E-state index contributed by atoms with van der Waals surface area (Å²) in [5.41, 5.74) is 2.32. The van der Waals surface area contributed by atoms with Crippen molar-refractivity contribution in [2.45, 2.75) is 6.54 Å². The molecule has 0 fully saturated rings. The van der Waals surface area contributed by atoms with E-state index in [9.17, 15) is 4.91 Å². The monoisotopic (exact) mass is 245 g/mol. The van der Waals surface area contributed by atoms with E-state index in [1.54, 1.807) is 6.20 Å². The summed E-state index contributed by atoms with van der Waals surface area (Å²) in [6.45, 7) is 2.09. The lowest BCUT2D eigenvalue weighted by atomic mass is 10.5. The van der Waals surface area contributed by atoms with E-state index < -0.39 is 0 Å². The molecular weight excluding hydrogens is 238 g/mol. The lowest BCUT2D eigenvalue weighted by Crippen LogP contribution is -2.34. The van der Waals surface area contributed by atoms with E-state index in [0.717, 1.165) is 11.4 Å². The largest absolute Gasteiger partial charge is 0.334 e. The maximum atomic E-state index is 10.1. The SMILES string of the molecule is O=NNC1=NCCN1Cc1cnc(Cl)s1. The van der Waals surface area contributed by atoms with E-state index in [4.69, 9.17) is 11.6 Å². The molecule has 15 heavy (non-hydrogen) atoms. The van der Waals surface area contributed by atoms with E-state index in [-0.39, 0.29) is 0 Å². The molecule has 0 spiro atoms. The normalized spacial score (nSPS) is 15.3. The fraction of sp³-hybridized carbons (Fsp3) is 0.429. The summed E-state index contributed by atoms with van der Waals surface area (Å²) in [6.07, 6.45) is 1.72. The molecule has 0 aliphatic carbocycles. The number of nitroso groups, excluding NO2 is 1. The van der Waals surface area contributed by atoms with Gasteiger partial charge in [0, 0.05) is 17.6 Å². The van der Waals surface area contributed by atoms with Crippen molar-refractivity contribution in [3.8, 4) is 0 Å². The Bertz CT molecular complexity index is 392. The van der Waals surface area contributed by atoms with Crippen molar-refractivity contribution in [3.63, 3.8) is 0 Å². The Morgan fingerprint density at radius 1 is 1.73 bits per heavy atom. The highest BCUT2D eigenvalue weighted by molar-refractivity contribution is 7.15. The van der Waals surface area contributed by atoms with E-state index >= 15 is 0 Å². The van der Waals surface area contributed by atoms with Crippen LogP contribution in [0.5, 0.6) is 0 Å². The first-order chi connectivity index (χ1) is 7.29. The van der Waals surface area contributed by atoms with Gasteiger partial charge in [0.05, 0.1) is 18.4 Å². The molecule has 0 unspecified atom stereocenters. The zero-order chi connectivity index (χ0) is 10.7. The van der Waals surface area contributed by atoms with Crippen LogP contribution in [0.2, 0.25) is 4.47 Å². The Morgan fingerprint density at radius 3 is 3.27 bits per heavy atom. The molecule has 0 saturated carbocycles. The molecule has 1 aliphatic heterocycles. The van der Waals surface area contributed by atoms with Gasteiger partial charge in [-0.25, -0.2) is 15.4 Å². The summed E-state index contributed by atoms with van der Waals surface area (Å²) < 4.78 is 0.518. The average Bonchev–Trinajstić information content (AvgIpc) is 2.78. The zero-order valence-corrected chi connectivity index (χ0v) is 9.25. The van der Waals surface area contributed by atoms with Crippen LogP contribution in [0.25, 0.3) is 0 Å². The number of thiazole rings is 1. The van der Waals surface area contributed by atoms with Gasteiger partial charge < -0.3 is 4.90 Å². The van der Waals surface area contributed by atoms with Gasteiger partial charge in [-0.3, -0.25) is 0 Å². The van der Waals surface area contributed by atoms with Gasteiger partial charge in [-0.1, -0.05) is 11.6 Å². The van der Waals surface area contributed by atoms with Crippen molar-refractivity contribution in [1.29, 1.82) is 0 Å². The molecule has 0 aromatic carbocycles. The number of hydrogen-bond acceptors (Lipinski definition) is 6. The second kappa shape index (κ2) is 4.54. The molecule has 1 N–H and O–H groups in total. The van der Waals surface area contributed by atoms with Gasteiger partial charge in [-0.2, -0.15) is 0 Å². The molecule has 80 valence electrons. The topological polar surface area (TPSA) is 70.0 Å². The number of halogens is 1. The van der Waals surface area contributed by atoms with Crippen LogP contribution in [-0.2, 0) is 6.54 Å². The average molecular weight is 246 g/mol. The predicted octanol–water partition coefficient (Wildman–Crippen LogP) is 1.24. The predicted molar refractivity (Wildman–Crippen MR) is 58.8 cm³/mol. The zero-order valence-electron chi connectivity index (χ0n) is 7.68. The molecular formula is C7H8ClN5OS. The molecule has 0 saturated heterocycles. The first-order valence-electron chi connectivity index (χ1n) is 4.27. The van der Waals surface area contributed by atoms with Crippen LogP contribution in [0.1, 0.15) is 4.88 Å². The Hall–Kier alpha value is -1.21. The van der Waals surface area contributed by atoms with Crippen LogP contribution in [0, 0.1) is 4.91 Å². The smallest absolute Gasteiger partial charge is 0.217 e. The first kappa shape index (κ1) is 10.3. The molecule has 1 aliphatic rings. The summed E-state index contributed by atoms with van der Waals surface area (Å²) in [5.74, 6) is 0.509. The Morgan fingerprint density at radius 2 is 2.60 bits per heavy atom. The summed E-state index contributed by atoms with van der Waals surface area (Å²) >= 11 is 7.13. The highest BCUT2D eigenvalue weighted by Crippen LogP contribution is 2.19. The Kier molecular flexibility index (Phi) is 3.12. The van der Waals surface area contributed by atoms with Gasteiger partial charge in [0.25, 0.3) is 0 Å². The molecule has 2 heterocycles. The fourth-order valence-electron chi connectivity index (χ4n) is 1.33. The quantitative estimate of drug-likeness (QED) is 0.643. The molecule has 0 atom stereocenters. The van der Waals surface area contributed by atoms with Crippen molar-refractivity contribution in [1.82, 2.24) is 15.3 Å². The Labute approximate surface area is 94.9 Å². The van der Waals surface area contributed by atoms with Crippen LogP contribution in [-0.4, -0.2) is 28.9 Å². The minimum absolute atomic E-state index is 0.509. The third kappa shape index (κ3) is 2.42. The van der Waals surface area contributed by atoms with Crippen LogP contribution in [0.4, 0.5) is 0 Å². The van der Waals surface area contributed by atoms with Crippen LogP contribution in [0.15, 0.2) is 16.5 Å². The second-order valence-electron chi connectivity index (χ2n) is 2.91. The van der Waals surface area contributed by atoms with Crippen molar-refractivity contribution in [3.05, 3.63) is 20.4 Å². The fourth-order valence-corrected chi connectivity index (χ4v) is 2.32. The number of rotatable bonds is 3. The number of aromatic nitrogens is 1. The first-order valence-corrected chi connectivity index (χ1v) is 5.47. The number of hydrogen-bond donors (Lipinski definition) is 1. The van der Waals surface area contributed by atoms with Crippen molar-refractivity contribution in [2.24, 2.45) is 10.3 Å². The van der Waals surface area contributed by atoms with Gasteiger partial charge in [0.2, 0.25) is 5.96 Å². The van der Waals surface area contributed by atoms with E-state index in [1.165, 1.54) is 11.3 Å².